The van der Waals surface area contributed by atoms with Crippen LogP contribution in [0.1, 0.15) is 329 Å². The molecule has 2 aliphatic heterocycles. The first-order chi connectivity index (χ1) is 48.3. The summed E-state index contributed by atoms with van der Waals surface area (Å²) < 4.78 is 65.1. The molecule has 0 aromatic rings. The fourth-order valence-electron chi connectivity index (χ4n) is 13.4. The molecule has 1 aliphatic carbocycles. The standard InChI is InChI=1S/C75H141O24P/c1-4-7-10-13-16-19-22-25-27-29-32-34-37-40-43-46-49-59(77)91-53-56(94-61(79)51-48-45-42-39-36-31-24-21-18-15-12-9-6-3)54-93-100(89,90)99-73-71(97-74-69(87)64(82)62(80)57(52-76)95-74)67(85)66(84)68(86)72(73)98-75-70(88)65(83)63(81)58(96-75)55-92-60(78)50-47-44-41-38-35-33-30-28-26-23-20-17-14-11-8-5-2/h56-58,62-76,80-88H,4-55H2,1-3H3,(H,89,90). The van der Waals surface area contributed by atoms with Crippen LogP contribution in [-0.4, -0.2) is 204 Å². The van der Waals surface area contributed by atoms with Gasteiger partial charge < -0.3 is 89.1 Å². The normalized spacial score (nSPS) is 27.3. The van der Waals surface area contributed by atoms with E-state index in [0.29, 0.717) is 19.3 Å². The molecule has 2 heterocycles. The summed E-state index contributed by atoms with van der Waals surface area (Å²) in [5.41, 5.74) is 0. The summed E-state index contributed by atoms with van der Waals surface area (Å²) in [6.45, 7) is 3.50. The second-order valence-electron chi connectivity index (χ2n) is 28.8. The minimum atomic E-state index is -5.69. The number of carbonyl (C=O) groups excluding carboxylic acids is 3. The topological polar surface area (TPSA) is 374 Å². The zero-order valence-corrected chi connectivity index (χ0v) is 62.7. The van der Waals surface area contributed by atoms with E-state index in [9.17, 15) is 74.9 Å². The van der Waals surface area contributed by atoms with Gasteiger partial charge in [0.15, 0.2) is 18.7 Å². The number of rotatable bonds is 63. The van der Waals surface area contributed by atoms with Gasteiger partial charge in [0.25, 0.3) is 0 Å². The number of aliphatic hydroxyl groups excluding tert-OH is 10. The molecular formula is C75H141O24P. The van der Waals surface area contributed by atoms with Crippen molar-refractivity contribution in [2.24, 2.45) is 0 Å². The zero-order chi connectivity index (χ0) is 73.2. The van der Waals surface area contributed by atoms with Gasteiger partial charge in [-0.25, -0.2) is 4.57 Å². The molecule has 0 aromatic carbocycles. The fourth-order valence-corrected chi connectivity index (χ4v) is 14.4. The quantitative estimate of drug-likeness (QED) is 0.0117. The fraction of sp³-hybridized carbons (Fsp3) is 0.960. The van der Waals surface area contributed by atoms with Crippen molar-refractivity contribution in [2.45, 2.75) is 433 Å². The maximum Gasteiger partial charge on any atom is 0.472 e. The summed E-state index contributed by atoms with van der Waals surface area (Å²) in [4.78, 5) is 51.1. The average molecular weight is 1460 g/mol. The van der Waals surface area contributed by atoms with E-state index in [-0.39, 0.29) is 19.3 Å². The number of hydrogen-bond donors (Lipinski definition) is 11. The average Bonchev–Trinajstić information content (AvgIpc) is 0.760. The molecule has 590 valence electrons. The van der Waals surface area contributed by atoms with Crippen LogP contribution in [0.3, 0.4) is 0 Å². The van der Waals surface area contributed by atoms with Crippen LogP contribution in [0.4, 0.5) is 0 Å². The van der Waals surface area contributed by atoms with Crippen molar-refractivity contribution in [3.63, 3.8) is 0 Å². The first-order valence-electron chi connectivity index (χ1n) is 39.8. The predicted molar refractivity (Wildman–Crippen MR) is 379 cm³/mol. The van der Waals surface area contributed by atoms with Crippen LogP contribution in [0.2, 0.25) is 0 Å². The summed E-state index contributed by atoms with van der Waals surface area (Å²) >= 11 is 0. The van der Waals surface area contributed by atoms with Gasteiger partial charge in [0.05, 0.1) is 13.2 Å². The number of hydrogen-bond acceptors (Lipinski definition) is 23. The minimum absolute atomic E-state index is 0.0332. The second-order valence-corrected chi connectivity index (χ2v) is 30.2. The van der Waals surface area contributed by atoms with Crippen LogP contribution in [-0.2, 0) is 61.2 Å². The van der Waals surface area contributed by atoms with Crippen molar-refractivity contribution >= 4 is 25.7 Å². The number of esters is 3. The summed E-state index contributed by atoms with van der Waals surface area (Å²) in [5.74, 6) is -1.97. The SMILES string of the molecule is CCCCCCCCCCCCCCCCCCC(=O)OCC(COP(=O)(O)OC1C(OC2OC(CO)C(O)C(O)C2O)C(O)C(O)C(O)C1OC1OC(COC(=O)CCCCCCCCCCCCCCCCCC)C(O)C(O)C1O)OC(=O)CCCCCCCCCCCCCCC. The molecule has 3 rings (SSSR count). The van der Waals surface area contributed by atoms with Gasteiger partial charge in [-0.15, -0.1) is 0 Å². The van der Waals surface area contributed by atoms with Crippen molar-refractivity contribution in [3.8, 4) is 0 Å². The van der Waals surface area contributed by atoms with E-state index in [2.05, 4.69) is 20.8 Å². The van der Waals surface area contributed by atoms with Crippen LogP contribution in [0.5, 0.6) is 0 Å². The molecule has 18 atom stereocenters. The first-order valence-corrected chi connectivity index (χ1v) is 41.3. The Kier molecular flexibility index (Phi) is 52.7. The molecule has 3 fully saturated rings. The molecule has 0 spiro atoms. The minimum Gasteiger partial charge on any atom is -0.463 e. The lowest BCUT2D eigenvalue weighted by Crippen LogP contribution is -2.69. The molecule has 2 saturated heterocycles. The zero-order valence-electron chi connectivity index (χ0n) is 61.8. The summed E-state index contributed by atoms with van der Waals surface area (Å²) in [6, 6.07) is 0. The third kappa shape index (κ3) is 39.5. The van der Waals surface area contributed by atoms with Crippen LogP contribution < -0.4 is 0 Å². The Bertz CT molecular complexity index is 2060. The van der Waals surface area contributed by atoms with Gasteiger partial charge in [-0.1, -0.05) is 290 Å². The van der Waals surface area contributed by atoms with Gasteiger partial charge in [0.2, 0.25) is 0 Å². The van der Waals surface area contributed by atoms with Crippen LogP contribution in [0.15, 0.2) is 0 Å². The summed E-state index contributed by atoms with van der Waals surface area (Å²) in [5, 5.41) is 110. The largest absolute Gasteiger partial charge is 0.472 e. The summed E-state index contributed by atoms with van der Waals surface area (Å²) in [6.07, 6.45) is 15.8. The Labute approximate surface area is 600 Å². The molecule has 11 N–H and O–H groups in total. The molecule has 24 nitrogen and oxygen atoms in total. The highest BCUT2D eigenvalue weighted by molar-refractivity contribution is 7.47. The molecular weight excluding hydrogens is 1320 g/mol. The smallest absolute Gasteiger partial charge is 0.463 e. The van der Waals surface area contributed by atoms with E-state index >= 15 is 0 Å². The second kappa shape index (κ2) is 57.2. The maximum absolute atomic E-state index is 14.4. The number of unbranched alkanes of at least 4 members (excludes halogenated alkanes) is 42. The Hall–Kier alpha value is -2.04. The summed E-state index contributed by atoms with van der Waals surface area (Å²) in [7, 11) is -5.69. The Morgan fingerprint density at radius 2 is 0.640 bits per heavy atom. The Morgan fingerprint density at radius 1 is 0.350 bits per heavy atom. The molecule has 0 radical (unpaired) electrons. The first kappa shape index (κ1) is 92.2. The Morgan fingerprint density at radius 3 is 0.980 bits per heavy atom. The van der Waals surface area contributed by atoms with Gasteiger partial charge in [-0.3, -0.25) is 23.4 Å². The lowest BCUT2D eigenvalue weighted by Gasteiger charge is -2.49. The number of phosphoric acid groups is 1. The van der Waals surface area contributed by atoms with E-state index in [0.717, 1.165) is 89.9 Å². The monoisotopic (exact) mass is 1460 g/mol. The van der Waals surface area contributed by atoms with E-state index in [1.165, 1.54) is 180 Å². The molecule has 0 aromatic heterocycles. The van der Waals surface area contributed by atoms with Crippen molar-refractivity contribution < 1.29 is 117 Å². The highest BCUT2D eigenvalue weighted by Gasteiger charge is 2.58. The molecule has 18 unspecified atom stereocenters. The van der Waals surface area contributed by atoms with Gasteiger partial charge in [-0.05, 0) is 19.3 Å². The highest BCUT2D eigenvalue weighted by Crippen LogP contribution is 2.49. The molecule has 25 heteroatoms. The molecule has 1 saturated carbocycles. The van der Waals surface area contributed by atoms with E-state index in [1.807, 2.05) is 0 Å². The van der Waals surface area contributed by atoms with E-state index in [1.54, 1.807) is 0 Å². The molecule has 3 aliphatic rings. The highest BCUT2D eigenvalue weighted by atomic mass is 31.2. The predicted octanol–water partition coefficient (Wildman–Crippen LogP) is 11.7. The lowest BCUT2D eigenvalue weighted by atomic mass is 9.84. The van der Waals surface area contributed by atoms with Crippen molar-refractivity contribution in [1.82, 2.24) is 0 Å². The Balaban J connectivity index is 1.70. The molecule has 0 bridgehead atoms. The molecule has 100 heavy (non-hydrogen) atoms. The van der Waals surface area contributed by atoms with E-state index in [4.69, 9.17) is 42.2 Å². The number of aliphatic hydroxyl groups is 10. The number of carbonyl (C=O) groups is 3. The van der Waals surface area contributed by atoms with Crippen LogP contribution in [0, 0.1) is 0 Å². The third-order valence-electron chi connectivity index (χ3n) is 19.9. The lowest BCUT2D eigenvalue weighted by molar-refractivity contribution is -0.360. The van der Waals surface area contributed by atoms with Gasteiger partial charge in [0, 0.05) is 19.3 Å². The number of ether oxygens (including phenoxy) is 7. The van der Waals surface area contributed by atoms with Crippen LogP contribution >= 0.6 is 7.82 Å². The van der Waals surface area contributed by atoms with Crippen LogP contribution in [0.25, 0.3) is 0 Å². The van der Waals surface area contributed by atoms with Gasteiger partial charge >= 0.3 is 25.7 Å². The van der Waals surface area contributed by atoms with Crippen molar-refractivity contribution in [3.05, 3.63) is 0 Å². The van der Waals surface area contributed by atoms with Gasteiger partial charge in [0.1, 0.15) is 98.7 Å². The van der Waals surface area contributed by atoms with Crippen molar-refractivity contribution in [1.29, 1.82) is 0 Å². The molecule has 0 amide bonds. The third-order valence-corrected chi connectivity index (χ3v) is 20.9. The number of phosphoric ester groups is 1. The van der Waals surface area contributed by atoms with Crippen molar-refractivity contribution in [2.75, 3.05) is 26.4 Å². The van der Waals surface area contributed by atoms with E-state index < -0.39 is 156 Å². The maximum atomic E-state index is 14.4. The van der Waals surface area contributed by atoms with Gasteiger partial charge in [-0.2, -0.15) is 0 Å².